The molecule has 2 aromatic carbocycles. The Balaban J connectivity index is 1.74. The predicted octanol–water partition coefficient (Wildman–Crippen LogP) is 2.43. The van der Waals surface area contributed by atoms with Crippen molar-refractivity contribution in [3.8, 4) is 0 Å². The Hall–Kier alpha value is -1.64. The third kappa shape index (κ3) is 2.17. The molecule has 0 bridgehead atoms. The second kappa shape index (κ2) is 4.92. The van der Waals surface area contributed by atoms with Crippen LogP contribution in [0.3, 0.4) is 0 Å². The lowest BCUT2D eigenvalue weighted by Crippen LogP contribution is -2.28. The van der Waals surface area contributed by atoms with Gasteiger partial charge in [-0.1, -0.05) is 54.6 Å². The molecule has 1 aliphatic rings. The highest BCUT2D eigenvalue weighted by Crippen LogP contribution is 2.31. The maximum absolute atomic E-state index is 10.1. The van der Waals surface area contributed by atoms with Gasteiger partial charge in [0.2, 0.25) is 0 Å². The minimum absolute atomic E-state index is 0.0569. The van der Waals surface area contributed by atoms with E-state index >= 15 is 0 Å². The first kappa shape index (κ1) is 11.5. The Morgan fingerprint density at radius 1 is 1.00 bits per heavy atom. The smallest absolute Gasteiger partial charge is 0.0775 e. The molecule has 92 valence electrons. The number of aliphatic hydroxyl groups excluding tert-OH is 1. The minimum Gasteiger partial charge on any atom is -0.391 e. The highest BCUT2D eigenvalue weighted by atomic mass is 16.3. The van der Waals surface area contributed by atoms with Crippen molar-refractivity contribution >= 4 is 0 Å². The summed E-state index contributed by atoms with van der Waals surface area (Å²) in [6, 6.07) is 18.6. The minimum atomic E-state index is -0.314. The first-order valence-corrected chi connectivity index (χ1v) is 6.38. The fourth-order valence-corrected chi connectivity index (χ4v) is 2.64. The van der Waals surface area contributed by atoms with E-state index in [1.165, 1.54) is 16.7 Å². The van der Waals surface area contributed by atoms with Crippen LogP contribution in [0.2, 0.25) is 0 Å². The monoisotopic (exact) mass is 239 g/mol. The first-order chi connectivity index (χ1) is 8.84. The van der Waals surface area contributed by atoms with Gasteiger partial charge in [0, 0.05) is 13.0 Å². The van der Waals surface area contributed by atoms with Gasteiger partial charge in [-0.05, 0) is 16.7 Å². The zero-order chi connectivity index (χ0) is 12.4. The number of aliphatic hydroxyl groups is 1. The van der Waals surface area contributed by atoms with Crippen molar-refractivity contribution < 1.29 is 5.11 Å². The number of hydrogen-bond acceptors (Lipinski definition) is 2. The van der Waals surface area contributed by atoms with E-state index in [0.29, 0.717) is 0 Å². The fourth-order valence-electron chi connectivity index (χ4n) is 2.64. The molecular weight excluding hydrogens is 222 g/mol. The lowest BCUT2D eigenvalue weighted by molar-refractivity contribution is 0.140. The molecule has 0 fully saturated rings. The van der Waals surface area contributed by atoms with E-state index in [0.717, 1.165) is 13.0 Å². The van der Waals surface area contributed by atoms with Crippen LogP contribution in [0.5, 0.6) is 0 Å². The second-order valence-electron chi connectivity index (χ2n) is 4.81. The van der Waals surface area contributed by atoms with Crippen molar-refractivity contribution in [3.63, 3.8) is 0 Å². The molecule has 2 heteroatoms. The van der Waals surface area contributed by atoms with Crippen LogP contribution in [0.15, 0.2) is 54.6 Å². The number of hydrogen-bond donors (Lipinski definition) is 2. The van der Waals surface area contributed by atoms with E-state index in [9.17, 15) is 5.11 Å². The molecule has 0 aromatic heterocycles. The summed E-state index contributed by atoms with van der Waals surface area (Å²) in [6.45, 7) is 0.789. The summed E-state index contributed by atoms with van der Waals surface area (Å²) >= 11 is 0. The normalized spacial score (nSPS) is 21.8. The lowest BCUT2D eigenvalue weighted by atomic mass is 10.1. The Kier molecular flexibility index (Phi) is 3.13. The third-order valence-corrected chi connectivity index (χ3v) is 3.57. The maximum Gasteiger partial charge on any atom is 0.0775 e. The van der Waals surface area contributed by atoms with Gasteiger partial charge in [0.15, 0.2) is 0 Å². The van der Waals surface area contributed by atoms with Gasteiger partial charge in [0.1, 0.15) is 0 Å². The van der Waals surface area contributed by atoms with E-state index in [1.807, 2.05) is 30.3 Å². The summed E-state index contributed by atoms with van der Waals surface area (Å²) in [5.41, 5.74) is 3.74. The number of rotatable bonds is 3. The molecule has 0 aliphatic heterocycles. The van der Waals surface area contributed by atoms with Crippen LogP contribution in [0.4, 0.5) is 0 Å². The molecule has 2 nitrogen and oxygen atoms in total. The Morgan fingerprint density at radius 2 is 1.72 bits per heavy atom. The Bertz CT molecular complexity index is 524. The first-order valence-electron chi connectivity index (χ1n) is 6.38. The average molecular weight is 239 g/mol. The summed E-state index contributed by atoms with van der Waals surface area (Å²) in [5.74, 6) is 0. The fraction of sp³-hybridized carbons (Fsp3) is 0.250. The van der Waals surface area contributed by atoms with E-state index in [1.54, 1.807) is 0 Å². The lowest BCUT2D eigenvalue weighted by Gasteiger charge is -2.18. The van der Waals surface area contributed by atoms with Crippen molar-refractivity contribution in [1.82, 2.24) is 5.32 Å². The van der Waals surface area contributed by atoms with E-state index in [4.69, 9.17) is 0 Å². The highest BCUT2D eigenvalue weighted by Gasteiger charge is 2.29. The number of nitrogens with one attached hydrogen (secondary N) is 1. The van der Waals surface area contributed by atoms with Crippen molar-refractivity contribution in [2.24, 2.45) is 0 Å². The van der Waals surface area contributed by atoms with Gasteiger partial charge in [-0.25, -0.2) is 0 Å². The largest absolute Gasteiger partial charge is 0.391 e. The molecule has 0 saturated carbocycles. The molecule has 2 atom stereocenters. The standard InChI is InChI=1S/C16H17NO/c18-15-10-13-8-4-5-9-14(13)16(15)17-11-12-6-2-1-3-7-12/h1-9,15-18H,10-11H2/t15-,16+/m0/s1. The SMILES string of the molecule is O[C@H]1Cc2ccccc2[C@H]1NCc1ccccc1. The van der Waals surface area contributed by atoms with Gasteiger partial charge >= 0.3 is 0 Å². The molecule has 0 radical (unpaired) electrons. The zero-order valence-electron chi connectivity index (χ0n) is 10.2. The summed E-state index contributed by atoms with van der Waals surface area (Å²) in [7, 11) is 0. The molecule has 0 unspecified atom stereocenters. The Morgan fingerprint density at radius 3 is 2.56 bits per heavy atom. The molecule has 0 saturated heterocycles. The van der Waals surface area contributed by atoms with Crippen molar-refractivity contribution in [2.75, 3.05) is 0 Å². The van der Waals surface area contributed by atoms with Gasteiger partial charge in [-0.3, -0.25) is 0 Å². The highest BCUT2D eigenvalue weighted by molar-refractivity contribution is 5.36. The van der Waals surface area contributed by atoms with Gasteiger partial charge in [-0.2, -0.15) is 0 Å². The summed E-state index contributed by atoms with van der Waals surface area (Å²) in [4.78, 5) is 0. The molecular formula is C16H17NO. The Labute approximate surface area is 107 Å². The van der Waals surface area contributed by atoms with Crippen molar-refractivity contribution in [3.05, 3.63) is 71.3 Å². The number of fused-ring (bicyclic) bond motifs is 1. The molecule has 2 aromatic rings. The quantitative estimate of drug-likeness (QED) is 0.862. The molecule has 0 heterocycles. The van der Waals surface area contributed by atoms with Gasteiger partial charge < -0.3 is 10.4 Å². The third-order valence-electron chi connectivity index (χ3n) is 3.57. The van der Waals surface area contributed by atoms with Crippen LogP contribution >= 0.6 is 0 Å². The van der Waals surface area contributed by atoms with Crippen LogP contribution < -0.4 is 5.32 Å². The molecule has 0 spiro atoms. The van der Waals surface area contributed by atoms with Crippen LogP contribution in [0, 0.1) is 0 Å². The molecule has 1 aliphatic carbocycles. The van der Waals surface area contributed by atoms with Crippen LogP contribution in [0.1, 0.15) is 22.7 Å². The molecule has 0 amide bonds. The maximum atomic E-state index is 10.1. The van der Waals surface area contributed by atoms with E-state index in [-0.39, 0.29) is 12.1 Å². The van der Waals surface area contributed by atoms with Crippen molar-refractivity contribution in [1.29, 1.82) is 0 Å². The summed E-state index contributed by atoms with van der Waals surface area (Å²) in [5, 5.41) is 13.6. The van der Waals surface area contributed by atoms with E-state index < -0.39 is 0 Å². The number of benzene rings is 2. The zero-order valence-corrected chi connectivity index (χ0v) is 10.2. The average Bonchev–Trinajstić information content (AvgIpc) is 2.73. The summed E-state index contributed by atoms with van der Waals surface area (Å²) < 4.78 is 0. The summed E-state index contributed by atoms with van der Waals surface area (Å²) in [6.07, 6.45) is 0.439. The molecule has 3 rings (SSSR count). The molecule has 2 N–H and O–H groups in total. The van der Waals surface area contributed by atoms with E-state index in [2.05, 4.69) is 29.6 Å². The van der Waals surface area contributed by atoms with Gasteiger partial charge in [0.25, 0.3) is 0 Å². The van der Waals surface area contributed by atoms with Crippen molar-refractivity contribution in [2.45, 2.75) is 25.1 Å². The van der Waals surface area contributed by atoms with Crippen LogP contribution in [-0.4, -0.2) is 11.2 Å². The van der Waals surface area contributed by atoms with Gasteiger partial charge in [-0.15, -0.1) is 0 Å². The van der Waals surface area contributed by atoms with Gasteiger partial charge in [0.05, 0.1) is 12.1 Å². The topological polar surface area (TPSA) is 32.3 Å². The second-order valence-corrected chi connectivity index (χ2v) is 4.81. The van der Waals surface area contributed by atoms with Crippen LogP contribution in [-0.2, 0) is 13.0 Å². The predicted molar refractivity (Wildman–Crippen MR) is 72.2 cm³/mol. The molecule has 18 heavy (non-hydrogen) atoms. The van der Waals surface area contributed by atoms with Crippen LogP contribution in [0.25, 0.3) is 0 Å².